The summed E-state index contributed by atoms with van der Waals surface area (Å²) in [4.78, 5) is 2.08. The van der Waals surface area contributed by atoms with Gasteiger partial charge in [-0.25, -0.2) is 4.39 Å². The molecule has 0 bridgehead atoms. The van der Waals surface area contributed by atoms with Gasteiger partial charge in [-0.15, -0.1) is 0 Å². The van der Waals surface area contributed by atoms with E-state index in [0.29, 0.717) is 17.1 Å². The molecule has 4 heteroatoms. The average molecular weight is 245 g/mol. The van der Waals surface area contributed by atoms with Gasteiger partial charge in [-0.2, -0.15) is 0 Å². The van der Waals surface area contributed by atoms with E-state index in [-0.39, 0.29) is 5.82 Å². The smallest absolute Gasteiger partial charge is 0.129 e. The predicted molar refractivity (Wildman–Crippen MR) is 66.3 cm³/mol. The highest BCUT2D eigenvalue weighted by atomic mass is 35.5. The molecule has 16 heavy (non-hydrogen) atoms. The van der Waals surface area contributed by atoms with Crippen molar-refractivity contribution in [3.8, 4) is 0 Å². The number of likely N-dealkylation sites (N-methyl/N-ethyl adjacent to an activating group) is 2. The first-order valence-corrected chi connectivity index (χ1v) is 5.84. The van der Waals surface area contributed by atoms with Crippen molar-refractivity contribution in [2.75, 3.05) is 26.7 Å². The molecule has 0 saturated carbocycles. The maximum absolute atomic E-state index is 13.5. The van der Waals surface area contributed by atoms with Crippen molar-refractivity contribution in [3.63, 3.8) is 0 Å². The van der Waals surface area contributed by atoms with Crippen LogP contribution >= 0.6 is 11.6 Å². The Morgan fingerprint density at radius 2 is 2.19 bits per heavy atom. The number of hydrogen-bond acceptors (Lipinski definition) is 2. The van der Waals surface area contributed by atoms with E-state index in [1.54, 1.807) is 12.1 Å². The quantitative estimate of drug-likeness (QED) is 0.774. The number of rotatable bonds is 6. The summed E-state index contributed by atoms with van der Waals surface area (Å²) < 4.78 is 13.5. The largest absolute Gasteiger partial charge is 0.316 e. The molecule has 90 valence electrons. The number of nitrogens with one attached hydrogen (secondary N) is 1. The number of nitrogens with zero attached hydrogens (tertiary/aromatic N) is 1. The van der Waals surface area contributed by atoms with Gasteiger partial charge in [0.2, 0.25) is 0 Å². The van der Waals surface area contributed by atoms with Crippen LogP contribution in [0.1, 0.15) is 12.5 Å². The fourth-order valence-corrected chi connectivity index (χ4v) is 1.63. The fourth-order valence-electron chi connectivity index (χ4n) is 1.47. The summed E-state index contributed by atoms with van der Waals surface area (Å²) in [7, 11) is 1.98. The Balaban J connectivity index is 2.46. The molecule has 1 rings (SSSR count). The normalized spacial score (nSPS) is 11.1. The minimum atomic E-state index is -0.234. The number of benzene rings is 1. The lowest BCUT2D eigenvalue weighted by Crippen LogP contribution is -2.29. The first-order chi connectivity index (χ1) is 7.63. The summed E-state index contributed by atoms with van der Waals surface area (Å²) in [6.07, 6.45) is 0. The summed E-state index contributed by atoms with van der Waals surface area (Å²) in [5.41, 5.74) is 0.684. The van der Waals surface area contributed by atoms with Crippen molar-refractivity contribution in [2.24, 2.45) is 0 Å². The van der Waals surface area contributed by atoms with Gasteiger partial charge >= 0.3 is 0 Å². The summed E-state index contributed by atoms with van der Waals surface area (Å²) in [5.74, 6) is -0.234. The van der Waals surface area contributed by atoms with Gasteiger partial charge in [0.1, 0.15) is 5.82 Å². The highest BCUT2D eigenvalue weighted by molar-refractivity contribution is 6.30. The Morgan fingerprint density at radius 1 is 1.44 bits per heavy atom. The SMILES string of the molecule is CCNCCN(C)Cc1ccc(Cl)cc1F. The van der Waals surface area contributed by atoms with E-state index < -0.39 is 0 Å². The molecule has 0 fully saturated rings. The first-order valence-electron chi connectivity index (χ1n) is 5.46. The topological polar surface area (TPSA) is 15.3 Å². The van der Waals surface area contributed by atoms with Crippen molar-refractivity contribution < 1.29 is 4.39 Å². The van der Waals surface area contributed by atoms with Gasteiger partial charge < -0.3 is 10.2 Å². The number of halogens is 2. The minimum Gasteiger partial charge on any atom is -0.316 e. The average Bonchev–Trinajstić information content (AvgIpc) is 2.23. The van der Waals surface area contributed by atoms with Crippen LogP contribution in [-0.2, 0) is 6.54 Å². The van der Waals surface area contributed by atoms with Crippen LogP contribution in [0.3, 0.4) is 0 Å². The van der Waals surface area contributed by atoms with E-state index >= 15 is 0 Å². The molecule has 0 saturated heterocycles. The Hall–Kier alpha value is -0.640. The maximum Gasteiger partial charge on any atom is 0.129 e. The molecule has 0 aliphatic heterocycles. The van der Waals surface area contributed by atoms with E-state index in [9.17, 15) is 4.39 Å². The third kappa shape index (κ3) is 4.47. The van der Waals surface area contributed by atoms with E-state index in [2.05, 4.69) is 17.1 Å². The van der Waals surface area contributed by atoms with Crippen LogP contribution in [0.2, 0.25) is 5.02 Å². The summed E-state index contributed by atoms with van der Waals surface area (Å²) in [5, 5.41) is 3.67. The van der Waals surface area contributed by atoms with Gasteiger partial charge in [-0.3, -0.25) is 0 Å². The Bertz CT molecular complexity index is 331. The lowest BCUT2D eigenvalue weighted by atomic mass is 10.2. The van der Waals surface area contributed by atoms with Crippen LogP contribution in [0.5, 0.6) is 0 Å². The molecule has 0 aromatic heterocycles. The van der Waals surface area contributed by atoms with Crippen LogP contribution < -0.4 is 5.32 Å². The lowest BCUT2D eigenvalue weighted by Gasteiger charge is -2.17. The molecule has 2 nitrogen and oxygen atoms in total. The summed E-state index contributed by atoms with van der Waals surface area (Å²) >= 11 is 5.69. The zero-order chi connectivity index (χ0) is 12.0. The van der Waals surface area contributed by atoms with Gasteiger partial charge in [-0.1, -0.05) is 24.6 Å². The predicted octanol–water partition coefficient (Wildman–Crippen LogP) is 2.52. The summed E-state index contributed by atoms with van der Waals surface area (Å²) in [6, 6.07) is 4.81. The Kier molecular flexibility index (Phi) is 5.74. The van der Waals surface area contributed by atoms with Crippen molar-refractivity contribution in [3.05, 3.63) is 34.6 Å². The van der Waals surface area contributed by atoms with Crippen LogP contribution in [0.15, 0.2) is 18.2 Å². The van der Waals surface area contributed by atoms with Gasteiger partial charge in [0, 0.05) is 30.2 Å². The zero-order valence-corrected chi connectivity index (χ0v) is 10.5. The number of hydrogen-bond donors (Lipinski definition) is 1. The molecule has 0 aliphatic carbocycles. The maximum atomic E-state index is 13.5. The van der Waals surface area contributed by atoms with Crippen LogP contribution in [-0.4, -0.2) is 31.6 Å². The van der Waals surface area contributed by atoms with Gasteiger partial charge in [-0.05, 0) is 25.7 Å². The molecular weight excluding hydrogens is 227 g/mol. The molecule has 0 radical (unpaired) electrons. The second-order valence-electron chi connectivity index (χ2n) is 3.83. The third-order valence-electron chi connectivity index (χ3n) is 2.38. The van der Waals surface area contributed by atoms with Gasteiger partial charge in [0.15, 0.2) is 0 Å². The van der Waals surface area contributed by atoms with Crippen molar-refractivity contribution in [1.82, 2.24) is 10.2 Å². The molecule has 0 unspecified atom stereocenters. The Morgan fingerprint density at radius 3 is 2.81 bits per heavy atom. The monoisotopic (exact) mass is 244 g/mol. The van der Waals surface area contributed by atoms with Gasteiger partial charge in [0.25, 0.3) is 0 Å². The van der Waals surface area contributed by atoms with Crippen LogP contribution in [0.4, 0.5) is 4.39 Å². The first kappa shape index (κ1) is 13.4. The second kappa shape index (κ2) is 6.84. The molecule has 0 spiro atoms. The van der Waals surface area contributed by atoms with Gasteiger partial charge in [0.05, 0.1) is 0 Å². The minimum absolute atomic E-state index is 0.234. The van der Waals surface area contributed by atoms with Crippen LogP contribution in [0, 0.1) is 5.82 Å². The van der Waals surface area contributed by atoms with E-state index in [1.165, 1.54) is 6.07 Å². The molecule has 0 aliphatic rings. The molecule has 0 heterocycles. The highest BCUT2D eigenvalue weighted by Gasteiger charge is 2.05. The fraction of sp³-hybridized carbons (Fsp3) is 0.500. The van der Waals surface area contributed by atoms with E-state index in [0.717, 1.165) is 19.6 Å². The highest BCUT2D eigenvalue weighted by Crippen LogP contribution is 2.15. The summed E-state index contributed by atoms with van der Waals surface area (Å²) in [6.45, 7) is 5.45. The second-order valence-corrected chi connectivity index (χ2v) is 4.26. The standard InChI is InChI=1S/C12H18ClFN2/c1-3-15-6-7-16(2)9-10-4-5-11(13)8-12(10)14/h4-5,8,15H,3,6-7,9H2,1-2H3. The lowest BCUT2D eigenvalue weighted by molar-refractivity contribution is 0.320. The van der Waals surface area contributed by atoms with E-state index in [1.807, 2.05) is 7.05 Å². The van der Waals surface area contributed by atoms with Crippen LogP contribution in [0.25, 0.3) is 0 Å². The molecular formula is C12H18ClFN2. The van der Waals surface area contributed by atoms with Crippen molar-refractivity contribution in [1.29, 1.82) is 0 Å². The molecule has 0 amide bonds. The van der Waals surface area contributed by atoms with Crippen molar-refractivity contribution in [2.45, 2.75) is 13.5 Å². The third-order valence-corrected chi connectivity index (χ3v) is 2.61. The molecule has 1 N–H and O–H groups in total. The van der Waals surface area contributed by atoms with Crippen molar-refractivity contribution >= 4 is 11.6 Å². The molecule has 1 aromatic carbocycles. The van der Waals surface area contributed by atoms with E-state index in [4.69, 9.17) is 11.6 Å². The molecule has 1 aromatic rings. The molecule has 0 atom stereocenters. The Labute approximate surface area is 101 Å². The zero-order valence-electron chi connectivity index (χ0n) is 9.76.